The highest BCUT2D eigenvalue weighted by molar-refractivity contribution is 6.31. The summed E-state index contributed by atoms with van der Waals surface area (Å²) in [4.78, 5) is 15.2. The molecule has 32 heavy (non-hydrogen) atoms. The molecule has 4 aromatic rings. The average Bonchev–Trinajstić information content (AvgIpc) is 3.11. The molecule has 4 nitrogen and oxygen atoms in total. The van der Waals surface area contributed by atoms with Gasteiger partial charge in [0.25, 0.3) is 0 Å². The van der Waals surface area contributed by atoms with E-state index in [0.29, 0.717) is 0 Å². The average molecular weight is 451 g/mol. The van der Waals surface area contributed by atoms with Crippen molar-refractivity contribution in [1.29, 1.82) is 0 Å². The molecule has 0 saturated heterocycles. The molecule has 0 aliphatic heterocycles. The van der Waals surface area contributed by atoms with Crippen molar-refractivity contribution >= 4 is 28.4 Å². The molecule has 0 spiro atoms. The molecule has 0 aliphatic carbocycles. The molecule has 0 fully saturated rings. The second-order valence-electron chi connectivity index (χ2n) is 7.30. The molecule has 168 valence electrons. The predicted molar refractivity (Wildman–Crippen MR) is 134 cm³/mol. The number of aromatic nitrogens is 2. The Labute approximate surface area is 195 Å². The zero-order valence-electron chi connectivity index (χ0n) is 19.3. The fourth-order valence-corrected chi connectivity index (χ4v) is 3.42. The third kappa shape index (κ3) is 6.78. The molecule has 0 aliphatic rings. The first-order valence-corrected chi connectivity index (χ1v) is 11.2. The van der Waals surface area contributed by atoms with E-state index in [1.165, 1.54) is 12.5 Å². The number of hydrogen-bond acceptors (Lipinski definition) is 3. The molecule has 5 heteroatoms. The second-order valence-corrected chi connectivity index (χ2v) is 7.73. The lowest BCUT2D eigenvalue weighted by Gasteiger charge is -2.07. The van der Waals surface area contributed by atoms with Crippen LogP contribution in [0.5, 0.6) is 0 Å². The van der Waals surface area contributed by atoms with Gasteiger partial charge in [0.1, 0.15) is 11.6 Å². The van der Waals surface area contributed by atoms with E-state index in [4.69, 9.17) is 11.6 Å². The standard InChI is InChI=1S/C15H13ClN2.C10H12O2.C2H6/c1-10-3-6-13(7-4-10)18-11(2)17-14-8-5-12(16)9-15(14)18;1-8(11)7-10(12)9-5-3-2-4-6-9;1-2/h3-9H,1-2H3;2-6,10,12H,7H2,1H3;1-2H3/t;10-;/m.1./s1. The normalized spacial score (nSPS) is 11.1. The van der Waals surface area contributed by atoms with E-state index in [1.54, 1.807) is 0 Å². The van der Waals surface area contributed by atoms with Gasteiger partial charge in [-0.3, -0.25) is 9.36 Å². The Morgan fingerprint density at radius 1 is 1.00 bits per heavy atom. The Morgan fingerprint density at radius 3 is 2.22 bits per heavy atom. The van der Waals surface area contributed by atoms with E-state index >= 15 is 0 Å². The van der Waals surface area contributed by atoms with Crippen molar-refractivity contribution < 1.29 is 9.90 Å². The zero-order chi connectivity index (χ0) is 23.7. The number of halogens is 1. The SMILES string of the molecule is CC.CC(=O)C[C@@H](O)c1ccccc1.Cc1ccc(-n2c(C)nc3ccc(Cl)cc32)cc1. The number of imidazole rings is 1. The van der Waals surface area contributed by atoms with Crippen LogP contribution in [-0.2, 0) is 4.79 Å². The van der Waals surface area contributed by atoms with Crippen molar-refractivity contribution in [3.8, 4) is 5.69 Å². The predicted octanol–water partition coefficient (Wildman–Crippen LogP) is 7.02. The van der Waals surface area contributed by atoms with E-state index in [-0.39, 0.29) is 12.2 Å². The summed E-state index contributed by atoms with van der Waals surface area (Å²) in [7, 11) is 0. The van der Waals surface area contributed by atoms with Crippen LogP contribution in [0.15, 0.2) is 72.8 Å². The number of carbonyl (C=O) groups excluding carboxylic acids is 1. The number of hydrogen-bond donors (Lipinski definition) is 1. The molecular weight excluding hydrogens is 420 g/mol. The number of Topliss-reactive ketones (excluding diaryl/α,β-unsaturated/α-hetero) is 1. The number of benzene rings is 3. The van der Waals surface area contributed by atoms with Crippen molar-refractivity contribution in [2.45, 2.75) is 47.1 Å². The maximum Gasteiger partial charge on any atom is 0.132 e. The lowest BCUT2D eigenvalue weighted by molar-refractivity contribution is -0.118. The summed E-state index contributed by atoms with van der Waals surface area (Å²) in [6.45, 7) is 9.57. The van der Waals surface area contributed by atoms with Crippen LogP contribution in [0.4, 0.5) is 0 Å². The van der Waals surface area contributed by atoms with Crippen molar-refractivity contribution in [1.82, 2.24) is 9.55 Å². The Balaban J connectivity index is 0.000000227. The largest absolute Gasteiger partial charge is 0.388 e. The number of ketones is 1. The lowest BCUT2D eigenvalue weighted by Crippen LogP contribution is -2.02. The van der Waals surface area contributed by atoms with E-state index < -0.39 is 6.10 Å². The van der Waals surface area contributed by atoms with Crippen molar-refractivity contribution in [2.24, 2.45) is 0 Å². The third-order valence-corrected chi connectivity index (χ3v) is 4.98. The number of nitrogens with zero attached hydrogens (tertiary/aromatic N) is 2. The number of aryl methyl sites for hydroxylation is 2. The Bertz CT molecular complexity index is 1140. The van der Waals surface area contributed by atoms with Gasteiger partial charge < -0.3 is 5.11 Å². The highest BCUT2D eigenvalue weighted by Gasteiger charge is 2.09. The molecule has 1 aromatic heterocycles. The van der Waals surface area contributed by atoms with Crippen molar-refractivity contribution in [3.63, 3.8) is 0 Å². The molecule has 0 unspecified atom stereocenters. The van der Waals surface area contributed by atoms with Crippen LogP contribution in [0.2, 0.25) is 5.02 Å². The first-order valence-electron chi connectivity index (χ1n) is 10.8. The molecule has 1 N–H and O–H groups in total. The summed E-state index contributed by atoms with van der Waals surface area (Å²) in [5, 5.41) is 10.2. The van der Waals surface area contributed by atoms with Gasteiger partial charge in [-0.2, -0.15) is 0 Å². The van der Waals surface area contributed by atoms with Gasteiger partial charge in [0, 0.05) is 17.1 Å². The topological polar surface area (TPSA) is 55.1 Å². The van der Waals surface area contributed by atoms with Crippen molar-refractivity contribution in [3.05, 3.63) is 94.8 Å². The second kappa shape index (κ2) is 12.2. The van der Waals surface area contributed by atoms with Gasteiger partial charge >= 0.3 is 0 Å². The molecule has 0 bridgehead atoms. The van der Waals surface area contributed by atoms with Gasteiger partial charge in [0.15, 0.2) is 0 Å². The van der Waals surface area contributed by atoms with Gasteiger partial charge in [-0.1, -0.05) is 73.5 Å². The van der Waals surface area contributed by atoms with Crippen LogP contribution in [0.3, 0.4) is 0 Å². The Kier molecular flexibility index (Phi) is 9.63. The van der Waals surface area contributed by atoms with E-state index in [2.05, 4.69) is 40.7 Å². The van der Waals surface area contributed by atoms with Gasteiger partial charge in [0.05, 0.1) is 17.1 Å². The first-order chi connectivity index (χ1) is 15.3. The number of aliphatic hydroxyl groups is 1. The summed E-state index contributed by atoms with van der Waals surface area (Å²) in [5.41, 5.74) is 5.18. The van der Waals surface area contributed by atoms with Gasteiger partial charge in [-0.05, 0) is 56.7 Å². The van der Waals surface area contributed by atoms with Gasteiger partial charge in [-0.25, -0.2) is 4.98 Å². The van der Waals surface area contributed by atoms with Crippen LogP contribution in [0, 0.1) is 13.8 Å². The highest BCUT2D eigenvalue weighted by atomic mass is 35.5. The van der Waals surface area contributed by atoms with Crippen LogP contribution in [-0.4, -0.2) is 20.4 Å². The number of carbonyl (C=O) groups is 1. The van der Waals surface area contributed by atoms with E-state index in [0.717, 1.165) is 33.1 Å². The Morgan fingerprint density at radius 2 is 1.62 bits per heavy atom. The fraction of sp³-hybridized carbons (Fsp3) is 0.259. The number of fused-ring (bicyclic) bond motifs is 1. The molecule has 1 atom stereocenters. The summed E-state index contributed by atoms with van der Waals surface area (Å²) in [6, 6.07) is 23.4. The minimum Gasteiger partial charge on any atom is -0.388 e. The maximum absolute atomic E-state index is 10.7. The zero-order valence-corrected chi connectivity index (χ0v) is 20.1. The maximum atomic E-state index is 10.7. The summed E-state index contributed by atoms with van der Waals surface area (Å²) < 4.78 is 2.13. The summed E-state index contributed by atoms with van der Waals surface area (Å²) in [5.74, 6) is 0.975. The van der Waals surface area contributed by atoms with Crippen LogP contribution >= 0.6 is 11.6 Å². The number of aliphatic hydroxyl groups excluding tert-OH is 1. The quantitative estimate of drug-likeness (QED) is 0.363. The minimum atomic E-state index is -0.649. The summed E-state index contributed by atoms with van der Waals surface area (Å²) >= 11 is 6.07. The monoisotopic (exact) mass is 450 g/mol. The highest BCUT2D eigenvalue weighted by Crippen LogP contribution is 2.24. The molecule has 1 heterocycles. The van der Waals surface area contributed by atoms with E-state index in [9.17, 15) is 9.90 Å². The van der Waals surface area contributed by atoms with Gasteiger partial charge in [0.2, 0.25) is 0 Å². The molecule has 4 rings (SSSR count). The fourth-order valence-electron chi connectivity index (χ4n) is 3.25. The van der Waals surface area contributed by atoms with Crippen LogP contribution < -0.4 is 0 Å². The van der Waals surface area contributed by atoms with Crippen LogP contribution in [0.1, 0.15) is 50.2 Å². The first kappa shape index (κ1) is 25.3. The smallest absolute Gasteiger partial charge is 0.132 e. The summed E-state index contributed by atoms with van der Waals surface area (Å²) in [6.07, 6.45) is -0.451. The van der Waals surface area contributed by atoms with E-state index in [1.807, 2.05) is 69.3 Å². The van der Waals surface area contributed by atoms with Gasteiger partial charge in [-0.15, -0.1) is 0 Å². The molecular formula is C27H31ClN2O2. The molecule has 0 amide bonds. The third-order valence-electron chi connectivity index (χ3n) is 4.74. The Hall–Kier alpha value is -2.95. The van der Waals surface area contributed by atoms with Crippen LogP contribution in [0.25, 0.3) is 16.7 Å². The molecule has 0 saturated carbocycles. The minimum absolute atomic E-state index is 0.00588. The van der Waals surface area contributed by atoms with Crippen molar-refractivity contribution in [2.75, 3.05) is 0 Å². The number of rotatable bonds is 4. The lowest BCUT2D eigenvalue weighted by atomic mass is 10.1. The molecule has 3 aromatic carbocycles. The molecule has 0 radical (unpaired) electrons.